The molecule has 0 heterocycles. The van der Waals surface area contributed by atoms with E-state index in [1.807, 2.05) is 62.4 Å². The summed E-state index contributed by atoms with van der Waals surface area (Å²) >= 11 is 0. The molecule has 11 heteroatoms. The Bertz CT molecular complexity index is 1390. The molecule has 0 spiro atoms. The number of esters is 2. The van der Waals surface area contributed by atoms with Gasteiger partial charge in [-0.1, -0.05) is 64.1 Å². The number of hydrogen-bond acceptors (Lipinski definition) is 9. The standard InChI is InChI=1S/C40H60N2O9/c1-26(2)31(20-30-16-17-34(48-9)36(21-30)49-19-13-18-47-8)22-33(38(45)50-24-29-14-11-10-12-15-29)35(51-28(5)43)23-32(27(3)4)37(44)42-25-40(6,7)39(41)46/h10-12,14-17,21,26-27,31-33,35H,13,18-20,22-25H2,1-9H3,(H2,41,46)(H,42,44)/t31-,32+,33-,35+/m1/s1. The fraction of sp³-hybridized carbons (Fsp3) is 0.600. The molecule has 0 fully saturated rings. The van der Waals surface area contributed by atoms with Crippen molar-refractivity contribution in [1.82, 2.24) is 5.32 Å². The van der Waals surface area contributed by atoms with E-state index in [0.29, 0.717) is 37.6 Å². The molecule has 2 aromatic rings. The Morgan fingerprint density at radius 2 is 1.53 bits per heavy atom. The fourth-order valence-corrected chi connectivity index (χ4v) is 5.77. The predicted molar refractivity (Wildman–Crippen MR) is 196 cm³/mol. The van der Waals surface area contributed by atoms with Crippen molar-refractivity contribution >= 4 is 23.8 Å². The highest BCUT2D eigenvalue weighted by Crippen LogP contribution is 2.35. The molecule has 51 heavy (non-hydrogen) atoms. The van der Waals surface area contributed by atoms with Crippen LogP contribution in [0.1, 0.15) is 78.9 Å². The van der Waals surface area contributed by atoms with Crippen LogP contribution in [0, 0.1) is 35.0 Å². The van der Waals surface area contributed by atoms with Gasteiger partial charge >= 0.3 is 11.9 Å². The number of benzene rings is 2. The smallest absolute Gasteiger partial charge is 0.313 e. The van der Waals surface area contributed by atoms with Gasteiger partial charge in [-0.2, -0.15) is 0 Å². The quantitative estimate of drug-likeness (QED) is 0.106. The lowest BCUT2D eigenvalue weighted by molar-refractivity contribution is -0.165. The number of primary amides is 1. The number of ether oxygens (including phenoxy) is 5. The SMILES string of the molecule is COCCCOc1cc(C[C@H](C[C@@H](C(=O)OCc2ccccc2)[C@H](C[C@H](C(=O)NCC(C)(C)C(N)=O)C(C)C)OC(C)=O)C(C)C)ccc1OC. The van der Waals surface area contributed by atoms with Gasteiger partial charge in [0.15, 0.2) is 11.5 Å². The lowest BCUT2D eigenvalue weighted by Gasteiger charge is -2.33. The van der Waals surface area contributed by atoms with Crippen molar-refractivity contribution in [2.75, 3.05) is 34.0 Å². The third-order valence-electron chi connectivity index (χ3n) is 9.27. The topological polar surface area (TPSA) is 152 Å². The molecule has 0 bridgehead atoms. The zero-order valence-electron chi connectivity index (χ0n) is 32.0. The average molecular weight is 713 g/mol. The third-order valence-corrected chi connectivity index (χ3v) is 9.27. The highest BCUT2D eigenvalue weighted by molar-refractivity contribution is 5.83. The number of nitrogens with one attached hydrogen (secondary N) is 1. The fourth-order valence-electron chi connectivity index (χ4n) is 5.77. The molecule has 0 aromatic heterocycles. The largest absolute Gasteiger partial charge is 0.493 e. The van der Waals surface area contributed by atoms with Gasteiger partial charge in [0.25, 0.3) is 0 Å². The molecule has 0 radical (unpaired) electrons. The van der Waals surface area contributed by atoms with Crippen LogP contribution in [-0.4, -0.2) is 63.8 Å². The minimum atomic E-state index is -0.961. The highest BCUT2D eigenvalue weighted by Gasteiger charge is 2.39. The van der Waals surface area contributed by atoms with Crippen molar-refractivity contribution in [3.8, 4) is 11.5 Å². The molecule has 0 aliphatic rings. The van der Waals surface area contributed by atoms with E-state index in [4.69, 9.17) is 29.4 Å². The summed E-state index contributed by atoms with van der Waals surface area (Å²) in [6, 6.07) is 15.2. The molecular weight excluding hydrogens is 652 g/mol. The summed E-state index contributed by atoms with van der Waals surface area (Å²) in [5.41, 5.74) is 6.39. The molecule has 284 valence electrons. The van der Waals surface area contributed by atoms with Gasteiger partial charge in [-0.15, -0.1) is 0 Å². The Morgan fingerprint density at radius 3 is 2.10 bits per heavy atom. The maximum Gasteiger partial charge on any atom is 0.313 e. The van der Waals surface area contributed by atoms with Gasteiger partial charge in [-0.05, 0) is 74.1 Å². The van der Waals surface area contributed by atoms with Crippen LogP contribution in [-0.2, 0) is 46.4 Å². The molecule has 0 saturated heterocycles. The van der Waals surface area contributed by atoms with Crippen LogP contribution >= 0.6 is 0 Å². The number of methoxy groups -OCH3 is 2. The van der Waals surface area contributed by atoms with Gasteiger partial charge in [-0.3, -0.25) is 19.2 Å². The van der Waals surface area contributed by atoms with Crippen LogP contribution in [0.5, 0.6) is 11.5 Å². The number of rotatable bonds is 23. The summed E-state index contributed by atoms with van der Waals surface area (Å²) in [5, 5.41) is 2.86. The summed E-state index contributed by atoms with van der Waals surface area (Å²) in [4.78, 5) is 52.2. The highest BCUT2D eigenvalue weighted by atomic mass is 16.6. The first-order valence-corrected chi connectivity index (χ1v) is 17.8. The normalized spacial score (nSPS) is 13.9. The van der Waals surface area contributed by atoms with E-state index >= 15 is 0 Å². The van der Waals surface area contributed by atoms with Crippen LogP contribution < -0.4 is 20.5 Å². The van der Waals surface area contributed by atoms with Crippen molar-refractivity contribution < 1.29 is 42.9 Å². The molecule has 0 unspecified atom stereocenters. The monoisotopic (exact) mass is 712 g/mol. The maximum absolute atomic E-state index is 14.1. The molecule has 4 atom stereocenters. The number of nitrogens with two attached hydrogens (primary N) is 1. The second kappa shape index (κ2) is 21.3. The first kappa shape index (κ1) is 43.0. The summed E-state index contributed by atoms with van der Waals surface area (Å²) in [7, 11) is 3.24. The zero-order chi connectivity index (χ0) is 38.1. The second-order valence-electron chi connectivity index (χ2n) is 14.5. The summed E-state index contributed by atoms with van der Waals surface area (Å²) < 4.78 is 28.5. The van der Waals surface area contributed by atoms with Gasteiger partial charge in [0.05, 0.1) is 25.0 Å². The molecular formula is C40H60N2O9. The van der Waals surface area contributed by atoms with Gasteiger partial charge in [0, 0.05) is 39.5 Å². The lowest BCUT2D eigenvalue weighted by Crippen LogP contribution is -2.46. The zero-order valence-corrected chi connectivity index (χ0v) is 32.0. The van der Waals surface area contributed by atoms with Crippen molar-refractivity contribution in [3.63, 3.8) is 0 Å². The van der Waals surface area contributed by atoms with E-state index in [2.05, 4.69) is 19.2 Å². The van der Waals surface area contributed by atoms with Crippen molar-refractivity contribution in [3.05, 3.63) is 59.7 Å². The van der Waals surface area contributed by atoms with Gasteiger partial charge in [0.1, 0.15) is 12.7 Å². The van der Waals surface area contributed by atoms with Crippen LogP contribution in [0.25, 0.3) is 0 Å². The minimum Gasteiger partial charge on any atom is -0.493 e. The Balaban J connectivity index is 2.47. The Labute approximate surface area is 304 Å². The van der Waals surface area contributed by atoms with Crippen LogP contribution in [0.15, 0.2) is 48.5 Å². The molecule has 0 aliphatic carbocycles. The molecule has 11 nitrogen and oxygen atoms in total. The molecule has 2 aromatic carbocycles. The van der Waals surface area contributed by atoms with E-state index in [1.165, 1.54) is 6.92 Å². The Morgan fingerprint density at radius 1 is 0.843 bits per heavy atom. The van der Waals surface area contributed by atoms with Gasteiger partial charge in [-0.25, -0.2) is 0 Å². The molecule has 2 rings (SSSR count). The molecule has 3 N–H and O–H groups in total. The third kappa shape index (κ3) is 14.6. The van der Waals surface area contributed by atoms with E-state index < -0.39 is 41.2 Å². The summed E-state index contributed by atoms with van der Waals surface area (Å²) in [6.07, 6.45) is 0.783. The van der Waals surface area contributed by atoms with E-state index in [0.717, 1.165) is 17.5 Å². The second-order valence-corrected chi connectivity index (χ2v) is 14.5. The number of carbonyl (C=O) groups is 4. The van der Waals surface area contributed by atoms with Crippen LogP contribution in [0.4, 0.5) is 0 Å². The maximum atomic E-state index is 14.1. The first-order chi connectivity index (χ1) is 24.1. The Hall–Kier alpha value is -4.12. The van der Waals surface area contributed by atoms with Crippen molar-refractivity contribution in [1.29, 1.82) is 0 Å². The van der Waals surface area contributed by atoms with E-state index in [-0.39, 0.29) is 43.2 Å². The van der Waals surface area contributed by atoms with Crippen LogP contribution in [0.3, 0.4) is 0 Å². The number of amides is 2. The van der Waals surface area contributed by atoms with Crippen molar-refractivity contribution in [2.45, 2.75) is 86.9 Å². The predicted octanol–water partition coefficient (Wildman–Crippen LogP) is 5.90. The van der Waals surface area contributed by atoms with Gasteiger partial charge < -0.3 is 34.7 Å². The van der Waals surface area contributed by atoms with Crippen LogP contribution in [0.2, 0.25) is 0 Å². The molecule has 0 saturated carbocycles. The average Bonchev–Trinajstić information content (AvgIpc) is 3.08. The number of carbonyl (C=O) groups excluding carboxylic acids is 4. The van der Waals surface area contributed by atoms with Gasteiger partial charge in [0.2, 0.25) is 11.8 Å². The molecule has 2 amide bonds. The van der Waals surface area contributed by atoms with E-state index in [9.17, 15) is 19.2 Å². The Kier molecular flexibility index (Phi) is 18.0. The molecule has 0 aliphatic heterocycles. The minimum absolute atomic E-state index is 0.0422. The van der Waals surface area contributed by atoms with Crippen molar-refractivity contribution in [2.24, 2.45) is 40.7 Å². The number of hydrogen-bond donors (Lipinski definition) is 2. The summed E-state index contributed by atoms with van der Waals surface area (Å²) in [6.45, 7) is 13.7. The lowest BCUT2D eigenvalue weighted by atomic mass is 9.77. The van der Waals surface area contributed by atoms with E-state index in [1.54, 1.807) is 28.1 Å². The summed E-state index contributed by atoms with van der Waals surface area (Å²) in [5.74, 6) is -2.30. The first-order valence-electron chi connectivity index (χ1n) is 17.8.